The highest BCUT2D eigenvalue weighted by Crippen LogP contribution is 2.25. The Kier molecular flexibility index (Phi) is 3.85. The molecule has 0 atom stereocenters. The zero-order valence-corrected chi connectivity index (χ0v) is 12.9. The third-order valence-electron chi connectivity index (χ3n) is 1.81. The van der Waals surface area contributed by atoms with Gasteiger partial charge in [-0.1, -0.05) is 11.6 Å². The highest BCUT2D eigenvalue weighted by atomic mass is 79.9. The first-order valence-corrected chi connectivity index (χ1v) is 7.95. The van der Waals surface area contributed by atoms with Gasteiger partial charge < -0.3 is 0 Å². The summed E-state index contributed by atoms with van der Waals surface area (Å²) in [6, 6.07) is 1.37. The number of nitrogens with zero attached hydrogens (tertiary/aromatic N) is 3. The minimum atomic E-state index is -3.82. The van der Waals surface area contributed by atoms with Crippen molar-refractivity contribution in [3.05, 3.63) is 27.7 Å². The van der Waals surface area contributed by atoms with Crippen LogP contribution in [0.25, 0.3) is 0 Å². The first kappa shape index (κ1) is 13.7. The average Bonchev–Trinajstić information content (AvgIpc) is 2.66. The number of hydrogen-bond donors (Lipinski definition) is 1. The maximum atomic E-state index is 12.1. The Morgan fingerprint density at radius 1 is 1.50 bits per heavy atom. The summed E-state index contributed by atoms with van der Waals surface area (Å²) in [6.07, 6.45) is 1.41. The first-order valence-electron chi connectivity index (χ1n) is 4.52. The van der Waals surface area contributed by atoms with Crippen LogP contribution in [0.4, 0.5) is 5.13 Å². The van der Waals surface area contributed by atoms with Crippen molar-refractivity contribution in [3.8, 4) is 0 Å². The average molecular weight is 370 g/mol. The lowest BCUT2D eigenvalue weighted by Gasteiger charge is -2.06. The van der Waals surface area contributed by atoms with Crippen LogP contribution < -0.4 is 4.72 Å². The third kappa shape index (κ3) is 2.97. The Balaban J connectivity index is 2.39. The molecule has 0 aliphatic carbocycles. The van der Waals surface area contributed by atoms with Crippen molar-refractivity contribution in [2.45, 2.75) is 11.8 Å². The lowest BCUT2D eigenvalue weighted by Crippen LogP contribution is -2.13. The van der Waals surface area contributed by atoms with Crippen molar-refractivity contribution >= 4 is 54.2 Å². The van der Waals surface area contributed by atoms with Crippen LogP contribution in [0.1, 0.15) is 5.82 Å². The molecule has 2 rings (SSSR count). The molecule has 0 radical (unpaired) electrons. The molecule has 0 aliphatic rings. The molecule has 0 bridgehead atoms. The number of halogens is 2. The summed E-state index contributed by atoms with van der Waals surface area (Å²) in [5.74, 6) is 0.496. The Bertz CT molecular complexity index is 688. The third-order valence-corrected chi connectivity index (χ3v) is 4.86. The predicted octanol–water partition coefficient (Wildman–Crippen LogP) is 2.46. The lowest BCUT2D eigenvalue weighted by molar-refractivity contribution is 0.601. The topological polar surface area (TPSA) is 84.8 Å². The molecule has 96 valence electrons. The van der Waals surface area contributed by atoms with Gasteiger partial charge in [0, 0.05) is 22.2 Å². The number of aryl methyl sites for hydroxylation is 1. The Hall–Kier alpha value is -0.770. The summed E-state index contributed by atoms with van der Waals surface area (Å²) in [5, 5.41) is 0.0791. The number of anilines is 1. The van der Waals surface area contributed by atoms with Crippen LogP contribution >= 0.6 is 39.1 Å². The number of aromatic nitrogens is 3. The smallest absolute Gasteiger partial charge is 0.253 e. The van der Waals surface area contributed by atoms with E-state index in [-0.39, 0.29) is 15.2 Å². The normalized spacial score (nSPS) is 11.5. The monoisotopic (exact) mass is 368 g/mol. The van der Waals surface area contributed by atoms with Crippen LogP contribution in [0, 0.1) is 6.92 Å². The molecule has 6 nitrogen and oxygen atoms in total. The summed E-state index contributed by atoms with van der Waals surface area (Å²) >= 11 is 9.86. The fourth-order valence-corrected chi connectivity index (χ4v) is 3.84. The number of hydrogen-bond acceptors (Lipinski definition) is 6. The van der Waals surface area contributed by atoms with E-state index in [0.717, 1.165) is 11.5 Å². The summed E-state index contributed by atoms with van der Waals surface area (Å²) < 4.78 is 30.8. The van der Waals surface area contributed by atoms with E-state index in [9.17, 15) is 8.42 Å². The summed E-state index contributed by atoms with van der Waals surface area (Å²) in [6.45, 7) is 1.67. The van der Waals surface area contributed by atoms with Crippen molar-refractivity contribution in [1.82, 2.24) is 14.3 Å². The molecular weight excluding hydrogens is 364 g/mol. The molecule has 2 aromatic rings. The second-order valence-electron chi connectivity index (χ2n) is 3.19. The molecule has 0 amide bonds. The number of rotatable bonds is 3. The number of pyridine rings is 1. The number of sulfonamides is 1. The van der Waals surface area contributed by atoms with E-state index < -0.39 is 10.0 Å². The fraction of sp³-hybridized carbons (Fsp3) is 0.125. The Labute approximate surface area is 121 Å². The van der Waals surface area contributed by atoms with Crippen LogP contribution in [0.15, 0.2) is 21.6 Å². The molecule has 18 heavy (non-hydrogen) atoms. The van der Waals surface area contributed by atoms with Gasteiger partial charge in [0.05, 0.1) is 0 Å². The number of nitrogens with one attached hydrogen (secondary N) is 1. The van der Waals surface area contributed by atoms with Crippen molar-refractivity contribution in [1.29, 1.82) is 0 Å². The highest BCUT2D eigenvalue weighted by molar-refractivity contribution is 9.10. The van der Waals surface area contributed by atoms with Crippen LogP contribution in [0.5, 0.6) is 0 Å². The van der Waals surface area contributed by atoms with Gasteiger partial charge in [0.15, 0.2) is 0 Å². The Morgan fingerprint density at radius 2 is 2.22 bits per heavy atom. The predicted molar refractivity (Wildman–Crippen MR) is 72.4 cm³/mol. The van der Waals surface area contributed by atoms with Crippen LogP contribution in [-0.4, -0.2) is 22.8 Å². The summed E-state index contributed by atoms with van der Waals surface area (Å²) in [5.41, 5.74) is 0. The Morgan fingerprint density at radius 3 is 2.83 bits per heavy atom. The fourth-order valence-electron chi connectivity index (χ4n) is 1.10. The first-order chi connectivity index (χ1) is 8.38. The zero-order chi connectivity index (χ0) is 13.3. The van der Waals surface area contributed by atoms with Gasteiger partial charge in [0.1, 0.15) is 15.9 Å². The van der Waals surface area contributed by atoms with E-state index in [4.69, 9.17) is 11.6 Å². The van der Waals surface area contributed by atoms with Gasteiger partial charge in [-0.25, -0.2) is 18.4 Å². The van der Waals surface area contributed by atoms with Crippen LogP contribution in [-0.2, 0) is 10.0 Å². The molecule has 2 aromatic heterocycles. The van der Waals surface area contributed by atoms with Crippen LogP contribution in [0.3, 0.4) is 0 Å². The molecule has 0 spiro atoms. The van der Waals surface area contributed by atoms with Gasteiger partial charge in [-0.15, -0.1) is 0 Å². The van der Waals surface area contributed by atoms with Crippen molar-refractivity contribution in [2.75, 3.05) is 4.72 Å². The SMILES string of the molecule is Cc1nsc(NS(=O)(=O)c2cc(Br)cnc2Cl)n1. The van der Waals surface area contributed by atoms with E-state index in [0.29, 0.717) is 10.3 Å². The van der Waals surface area contributed by atoms with Gasteiger partial charge in [-0.05, 0) is 28.9 Å². The molecule has 0 saturated carbocycles. The van der Waals surface area contributed by atoms with E-state index in [1.165, 1.54) is 12.3 Å². The summed E-state index contributed by atoms with van der Waals surface area (Å²) in [7, 11) is -3.82. The highest BCUT2D eigenvalue weighted by Gasteiger charge is 2.21. The van der Waals surface area contributed by atoms with Gasteiger partial charge >= 0.3 is 0 Å². The van der Waals surface area contributed by atoms with Crippen molar-refractivity contribution in [3.63, 3.8) is 0 Å². The molecule has 10 heteroatoms. The largest absolute Gasteiger partial charge is 0.266 e. The molecule has 0 saturated heterocycles. The van der Waals surface area contributed by atoms with E-state index in [1.807, 2.05) is 0 Å². The molecule has 0 fully saturated rings. The van der Waals surface area contributed by atoms with E-state index >= 15 is 0 Å². The van der Waals surface area contributed by atoms with Gasteiger partial charge in [-0.2, -0.15) is 4.37 Å². The van der Waals surface area contributed by atoms with Gasteiger partial charge in [0.2, 0.25) is 5.13 Å². The summed E-state index contributed by atoms with van der Waals surface area (Å²) in [4.78, 5) is 7.55. The second-order valence-corrected chi connectivity index (χ2v) is 6.87. The standard InChI is InChI=1S/C8H6BrClN4O2S2/c1-4-12-8(17-13-4)14-18(15,16)6-2-5(9)3-11-7(6)10/h2-3H,1H3,(H,12,13,14). The second kappa shape index (κ2) is 5.08. The minimum Gasteiger partial charge on any atom is -0.253 e. The maximum Gasteiger partial charge on any atom is 0.266 e. The zero-order valence-electron chi connectivity index (χ0n) is 8.89. The van der Waals surface area contributed by atoms with Gasteiger partial charge in [0.25, 0.3) is 10.0 Å². The quantitative estimate of drug-likeness (QED) is 0.840. The van der Waals surface area contributed by atoms with Crippen molar-refractivity contribution < 1.29 is 8.42 Å². The van der Waals surface area contributed by atoms with E-state index in [2.05, 4.69) is 35.0 Å². The molecule has 1 N–H and O–H groups in total. The molecular formula is C8H6BrClN4O2S2. The molecule has 0 unspecified atom stereocenters. The minimum absolute atomic E-state index is 0.105. The lowest BCUT2D eigenvalue weighted by atomic mass is 10.5. The molecule has 2 heterocycles. The maximum absolute atomic E-state index is 12.1. The molecule has 0 aliphatic heterocycles. The molecule has 0 aromatic carbocycles. The van der Waals surface area contributed by atoms with Crippen molar-refractivity contribution in [2.24, 2.45) is 0 Å². The van der Waals surface area contributed by atoms with E-state index in [1.54, 1.807) is 6.92 Å². The van der Waals surface area contributed by atoms with Gasteiger partial charge in [-0.3, -0.25) is 4.72 Å². The van der Waals surface area contributed by atoms with Crippen LogP contribution in [0.2, 0.25) is 5.15 Å².